The highest BCUT2D eigenvalue weighted by atomic mass is 79.9. The molecule has 0 aliphatic carbocycles. The van der Waals surface area contributed by atoms with Crippen LogP contribution in [0.25, 0.3) is 0 Å². The first-order chi connectivity index (χ1) is 9.11. The first-order valence-corrected chi connectivity index (χ1v) is 6.74. The van der Waals surface area contributed by atoms with E-state index in [1.165, 1.54) is 6.33 Å². The van der Waals surface area contributed by atoms with E-state index in [1.54, 1.807) is 6.07 Å². The number of nitrogens with zero attached hydrogens (tertiary/aromatic N) is 2. The molecular formula is C12H12BrClN4O. The average molecular weight is 344 g/mol. The monoisotopic (exact) mass is 342 g/mol. The van der Waals surface area contributed by atoms with Crippen LogP contribution in [0.3, 0.4) is 0 Å². The summed E-state index contributed by atoms with van der Waals surface area (Å²) in [7, 11) is 0. The molecule has 0 radical (unpaired) electrons. The third-order valence-corrected chi connectivity index (χ3v) is 3.13. The minimum atomic E-state index is 0.348. The molecule has 1 heterocycles. The molecule has 0 saturated carbocycles. The van der Waals surface area contributed by atoms with Gasteiger partial charge in [-0.2, -0.15) is 4.98 Å². The van der Waals surface area contributed by atoms with Gasteiger partial charge < -0.3 is 15.8 Å². The van der Waals surface area contributed by atoms with Crippen molar-refractivity contribution in [3.8, 4) is 5.88 Å². The molecule has 1 aromatic carbocycles. The number of benzene rings is 1. The number of halogens is 2. The zero-order valence-corrected chi connectivity index (χ0v) is 12.5. The van der Waals surface area contributed by atoms with Crippen molar-refractivity contribution in [2.24, 2.45) is 0 Å². The van der Waals surface area contributed by atoms with Crippen LogP contribution in [0.5, 0.6) is 5.88 Å². The molecule has 19 heavy (non-hydrogen) atoms. The molecule has 0 aliphatic rings. The fourth-order valence-corrected chi connectivity index (χ4v) is 1.98. The Balaban J connectivity index is 2.33. The quantitative estimate of drug-likeness (QED) is 0.887. The standard InChI is InChI=1S/C12H12BrClN4O/c1-2-19-12-10(15)11(16-6-17-12)18-9-5-7(13)3-4-8(9)14/h3-6H,2,15H2,1H3,(H,16,17,18). The predicted molar refractivity (Wildman–Crippen MR) is 80.0 cm³/mol. The number of anilines is 3. The van der Waals surface area contributed by atoms with E-state index in [2.05, 4.69) is 31.2 Å². The molecule has 2 aromatic rings. The van der Waals surface area contributed by atoms with Crippen LogP contribution in [-0.2, 0) is 0 Å². The van der Waals surface area contributed by atoms with Gasteiger partial charge in [0, 0.05) is 4.47 Å². The van der Waals surface area contributed by atoms with E-state index in [0.717, 1.165) is 4.47 Å². The van der Waals surface area contributed by atoms with Gasteiger partial charge in [0.2, 0.25) is 5.88 Å². The van der Waals surface area contributed by atoms with E-state index < -0.39 is 0 Å². The van der Waals surface area contributed by atoms with Gasteiger partial charge >= 0.3 is 0 Å². The average Bonchev–Trinajstić information content (AvgIpc) is 2.39. The van der Waals surface area contributed by atoms with Gasteiger partial charge in [-0.05, 0) is 25.1 Å². The highest BCUT2D eigenvalue weighted by Gasteiger charge is 2.10. The Hall–Kier alpha value is -1.53. The first-order valence-electron chi connectivity index (χ1n) is 5.57. The van der Waals surface area contributed by atoms with Crippen LogP contribution in [0.2, 0.25) is 5.02 Å². The summed E-state index contributed by atoms with van der Waals surface area (Å²) in [6.07, 6.45) is 1.38. The molecule has 3 N–H and O–H groups in total. The van der Waals surface area contributed by atoms with Crippen LogP contribution in [0.15, 0.2) is 29.0 Å². The topological polar surface area (TPSA) is 73.1 Å². The Bertz CT molecular complexity index is 594. The highest BCUT2D eigenvalue weighted by Crippen LogP contribution is 2.32. The Labute approximate surface area is 124 Å². The molecule has 0 bridgehead atoms. The third kappa shape index (κ3) is 3.27. The lowest BCUT2D eigenvalue weighted by Crippen LogP contribution is -2.05. The summed E-state index contributed by atoms with van der Waals surface area (Å²) in [4.78, 5) is 8.06. The van der Waals surface area contributed by atoms with E-state index in [4.69, 9.17) is 22.1 Å². The summed E-state index contributed by atoms with van der Waals surface area (Å²) in [5.74, 6) is 0.810. The predicted octanol–water partition coefficient (Wildman–Crippen LogP) is 3.62. The summed E-state index contributed by atoms with van der Waals surface area (Å²) >= 11 is 9.48. The van der Waals surface area contributed by atoms with E-state index in [9.17, 15) is 0 Å². The number of hydrogen-bond acceptors (Lipinski definition) is 5. The second-order valence-corrected chi connectivity index (χ2v) is 4.95. The normalized spacial score (nSPS) is 10.3. The van der Waals surface area contributed by atoms with Crippen molar-refractivity contribution in [1.82, 2.24) is 9.97 Å². The zero-order valence-electron chi connectivity index (χ0n) is 10.2. The lowest BCUT2D eigenvalue weighted by atomic mass is 10.3. The minimum Gasteiger partial charge on any atom is -0.476 e. The maximum absolute atomic E-state index is 6.10. The maximum atomic E-state index is 6.10. The van der Waals surface area contributed by atoms with E-state index >= 15 is 0 Å². The summed E-state index contributed by atoms with van der Waals surface area (Å²) in [6.45, 7) is 2.35. The van der Waals surface area contributed by atoms with Crippen molar-refractivity contribution in [3.63, 3.8) is 0 Å². The zero-order chi connectivity index (χ0) is 13.8. The first kappa shape index (κ1) is 13.9. The number of rotatable bonds is 4. The number of nitrogen functional groups attached to an aromatic ring is 1. The molecule has 1 aromatic heterocycles. The second kappa shape index (κ2) is 6.08. The van der Waals surface area contributed by atoms with Gasteiger partial charge in [-0.3, -0.25) is 0 Å². The second-order valence-electron chi connectivity index (χ2n) is 3.62. The Morgan fingerprint density at radius 3 is 2.95 bits per heavy atom. The molecule has 0 unspecified atom stereocenters. The molecule has 0 spiro atoms. The van der Waals surface area contributed by atoms with Gasteiger partial charge in [0.1, 0.15) is 12.0 Å². The number of nitrogens with two attached hydrogens (primary N) is 1. The summed E-state index contributed by atoms with van der Waals surface area (Å²) in [5, 5.41) is 3.63. The van der Waals surface area contributed by atoms with Crippen LogP contribution in [0, 0.1) is 0 Å². The van der Waals surface area contributed by atoms with Gasteiger partial charge in [-0.1, -0.05) is 27.5 Å². The summed E-state index contributed by atoms with van der Waals surface area (Å²) in [6, 6.07) is 5.46. The minimum absolute atomic E-state index is 0.348. The fourth-order valence-electron chi connectivity index (χ4n) is 1.45. The Kier molecular flexibility index (Phi) is 4.44. The lowest BCUT2D eigenvalue weighted by molar-refractivity contribution is 0.328. The maximum Gasteiger partial charge on any atom is 0.242 e. The molecule has 0 atom stereocenters. The summed E-state index contributed by atoms with van der Waals surface area (Å²) in [5.41, 5.74) is 6.98. The van der Waals surface area contributed by atoms with E-state index in [0.29, 0.717) is 34.7 Å². The van der Waals surface area contributed by atoms with Crippen molar-refractivity contribution in [2.45, 2.75) is 6.92 Å². The van der Waals surface area contributed by atoms with Crippen molar-refractivity contribution in [2.75, 3.05) is 17.7 Å². The van der Waals surface area contributed by atoms with Crippen LogP contribution in [-0.4, -0.2) is 16.6 Å². The van der Waals surface area contributed by atoms with E-state index in [-0.39, 0.29) is 0 Å². The Morgan fingerprint density at radius 2 is 2.21 bits per heavy atom. The number of hydrogen-bond donors (Lipinski definition) is 2. The number of ether oxygens (including phenoxy) is 1. The smallest absolute Gasteiger partial charge is 0.242 e. The Morgan fingerprint density at radius 1 is 1.42 bits per heavy atom. The highest BCUT2D eigenvalue weighted by molar-refractivity contribution is 9.10. The van der Waals surface area contributed by atoms with Crippen molar-refractivity contribution in [3.05, 3.63) is 34.0 Å². The molecule has 7 heteroatoms. The number of nitrogens with one attached hydrogen (secondary N) is 1. The molecule has 0 aliphatic heterocycles. The fraction of sp³-hybridized carbons (Fsp3) is 0.167. The molecule has 100 valence electrons. The van der Waals surface area contributed by atoms with Gasteiger partial charge in [0.25, 0.3) is 0 Å². The molecule has 0 saturated heterocycles. The van der Waals surface area contributed by atoms with Crippen molar-refractivity contribution >= 4 is 44.7 Å². The molecule has 0 amide bonds. The van der Waals surface area contributed by atoms with E-state index in [1.807, 2.05) is 19.1 Å². The molecular weight excluding hydrogens is 332 g/mol. The molecule has 5 nitrogen and oxygen atoms in total. The molecule has 2 rings (SSSR count). The summed E-state index contributed by atoms with van der Waals surface area (Å²) < 4.78 is 6.21. The SMILES string of the molecule is CCOc1ncnc(Nc2cc(Br)ccc2Cl)c1N. The van der Waals surface area contributed by atoms with Crippen molar-refractivity contribution < 1.29 is 4.74 Å². The van der Waals surface area contributed by atoms with Crippen LogP contribution in [0.4, 0.5) is 17.2 Å². The van der Waals surface area contributed by atoms with Gasteiger partial charge in [0.15, 0.2) is 5.82 Å². The van der Waals surface area contributed by atoms with Crippen LogP contribution in [0.1, 0.15) is 6.92 Å². The van der Waals surface area contributed by atoms with Gasteiger partial charge in [-0.25, -0.2) is 4.98 Å². The van der Waals surface area contributed by atoms with Gasteiger partial charge in [-0.15, -0.1) is 0 Å². The van der Waals surface area contributed by atoms with Crippen LogP contribution < -0.4 is 15.8 Å². The lowest BCUT2D eigenvalue weighted by Gasteiger charge is -2.12. The van der Waals surface area contributed by atoms with Crippen molar-refractivity contribution in [1.29, 1.82) is 0 Å². The largest absolute Gasteiger partial charge is 0.476 e. The number of aromatic nitrogens is 2. The third-order valence-electron chi connectivity index (χ3n) is 2.31. The van der Waals surface area contributed by atoms with Gasteiger partial charge in [0.05, 0.1) is 17.3 Å². The van der Waals surface area contributed by atoms with Crippen LogP contribution >= 0.6 is 27.5 Å². The molecule has 0 fully saturated rings.